The lowest BCUT2D eigenvalue weighted by Crippen LogP contribution is -2.00. The molecule has 0 fully saturated rings. The van der Waals surface area contributed by atoms with Crippen LogP contribution in [-0.2, 0) is 0 Å². The third-order valence-corrected chi connectivity index (χ3v) is 3.05. The van der Waals surface area contributed by atoms with Gasteiger partial charge in [-0.3, -0.25) is 0 Å². The number of ether oxygens (including phenoxy) is 1. The van der Waals surface area contributed by atoms with E-state index in [0.717, 1.165) is 0 Å². The van der Waals surface area contributed by atoms with E-state index in [2.05, 4.69) is 20.9 Å². The monoisotopic (exact) mass is 337 g/mol. The quantitative estimate of drug-likeness (QED) is 0.599. The molecule has 0 saturated heterocycles. The number of hydrogen-bond donors (Lipinski definition) is 0. The first kappa shape index (κ1) is 12.7. The summed E-state index contributed by atoms with van der Waals surface area (Å²) in [6.45, 7) is 0.413. The first-order valence-electron chi connectivity index (χ1n) is 3.46. The molecule has 0 spiro atoms. The first-order valence-corrected chi connectivity index (χ1v) is 6.10. The van der Waals surface area contributed by atoms with Gasteiger partial charge in [0, 0.05) is 5.33 Å². The molecule has 0 atom stereocenters. The summed E-state index contributed by atoms with van der Waals surface area (Å²) in [5.74, 6) is 0.262. The fraction of sp³-hybridized carbons (Fsp3) is 0.286. The van der Waals surface area contributed by atoms with E-state index in [1.54, 1.807) is 0 Å². The van der Waals surface area contributed by atoms with E-state index in [1.165, 1.54) is 0 Å². The Labute approximate surface area is 110 Å². The largest absolute Gasteiger partial charge is 0.489 e. The highest BCUT2D eigenvalue weighted by Gasteiger charge is 2.16. The molecule has 0 N–H and O–H groups in total. The zero-order valence-electron chi connectivity index (χ0n) is 6.66. The molecule has 0 saturated carbocycles. The molecule has 0 aromatic carbocycles. The van der Waals surface area contributed by atoms with Crippen LogP contribution >= 0.6 is 62.3 Å². The van der Waals surface area contributed by atoms with Crippen molar-refractivity contribution in [2.75, 3.05) is 11.9 Å². The van der Waals surface area contributed by atoms with Crippen molar-refractivity contribution >= 4 is 62.3 Å². The van der Waals surface area contributed by atoms with Crippen LogP contribution in [0.4, 0.5) is 0 Å². The lowest BCUT2D eigenvalue weighted by Gasteiger charge is -2.09. The van der Waals surface area contributed by atoms with Gasteiger partial charge in [0.25, 0.3) is 0 Å². The minimum absolute atomic E-state index is 0.0747. The fourth-order valence-corrected chi connectivity index (χ4v) is 1.71. The maximum Gasteiger partial charge on any atom is 0.162 e. The van der Waals surface area contributed by atoms with Gasteiger partial charge in [-0.25, -0.2) is 4.98 Å². The van der Waals surface area contributed by atoms with E-state index in [0.29, 0.717) is 11.9 Å². The highest BCUT2D eigenvalue weighted by atomic mass is 79.9. The van der Waals surface area contributed by atoms with Gasteiger partial charge >= 0.3 is 0 Å². The summed E-state index contributed by atoms with van der Waals surface area (Å²) in [5, 5.41) is 1.14. The van der Waals surface area contributed by atoms with Gasteiger partial charge in [-0.05, 0) is 0 Å². The molecule has 0 aliphatic rings. The molecule has 0 bridgehead atoms. The maximum absolute atomic E-state index is 5.83. The van der Waals surface area contributed by atoms with Crippen molar-refractivity contribution in [2.24, 2.45) is 0 Å². The topological polar surface area (TPSA) is 22.1 Å². The number of rotatable bonds is 3. The number of nitrogens with zero attached hydrogens (tertiary/aromatic N) is 1. The summed E-state index contributed by atoms with van der Waals surface area (Å²) < 4.78 is 5.26. The lowest BCUT2D eigenvalue weighted by molar-refractivity contribution is 0.345. The van der Waals surface area contributed by atoms with Gasteiger partial charge in [-0.2, -0.15) is 0 Å². The summed E-state index contributed by atoms with van der Waals surface area (Å²) in [5.41, 5.74) is 0. The number of alkyl halides is 1. The molecule has 2 nitrogen and oxygen atoms in total. The molecule has 1 aromatic rings. The Morgan fingerprint density at radius 2 is 1.57 bits per heavy atom. The van der Waals surface area contributed by atoms with Gasteiger partial charge in [-0.15, -0.1) is 0 Å². The van der Waals surface area contributed by atoms with Crippen molar-refractivity contribution in [1.29, 1.82) is 0 Å². The van der Waals surface area contributed by atoms with Crippen LogP contribution in [0, 0.1) is 0 Å². The van der Waals surface area contributed by atoms with Crippen molar-refractivity contribution < 1.29 is 4.74 Å². The van der Waals surface area contributed by atoms with Gasteiger partial charge in [0.2, 0.25) is 0 Å². The molecule has 78 valence electrons. The summed E-state index contributed by atoms with van der Waals surface area (Å²) in [6, 6.07) is 0. The molecule has 1 heterocycles. The van der Waals surface area contributed by atoms with Crippen LogP contribution in [0.2, 0.25) is 20.4 Å². The molecule has 0 amide bonds. The normalized spacial score (nSPS) is 10.4. The second-order valence-corrected chi connectivity index (χ2v) is 4.45. The predicted molar refractivity (Wildman–Crippen MR) is 63.6 cm³/mol. The Morgan fingerprint density at radius 1 is 1.07 bits per heavy atom. The average molecular weight is 340 g/mol. The molecule has 1 aromatic heterocycles. The molecular formula is C7H4BrCl4NO. The van der Waals surface area contributed by atoms with E-state index in [4.69, 9.17) is 51.1 Å². The maximum atomic E-state index is 5.83. The number of aromatic nitrogens is 1. The summed E-state index contributed by atoms with van der Waals surface area (Å²) >= 11 is 26.2. The molecule has 1 rings (SSSR count). The number of pyridine rings is 1. The van der Waals surface area contributed by atoms with Gasteiger partial charge in [0.15, 0.2) is 16.1 Å². The van der Waals surface area contributed by atoms with Crippen LogP contribution in [0.15, 0.2) is 0 Å². The Hall–Kier alpha value is 0.590. The van der Waals surface area contributed by atoms with Crippen LogP contribution in [0.25, 0.3) is 0 Å². The number of halogens is 5. The fourth-order valence-electron chi connectivity index (χ4n) is 0.735. The number of hydrogen-bond acceptors (Lipinski definition) is 2. The van der Waals surface area contributed by atoms with Gasteiger partial charge in [0.1, 0.15) is 10.0 Å². The summed E-state index contributed by atoms with van der Waals surface area (Å²) in [7, 11) is 0. The molecule has 0 unspecified atom stereocenters. The van der Waals surface area contributed by atoms with E-state index in [1.807, 2.05) is 0 Å². The first-order chi connectivity index (χ1) is 6.57. The zero-order valence-corrected chi connectivity index (χ0v) is 11.3. The Morgan fingerprint density at radius 3 is 2.00 bits per heavy atom. The van der Waals surface area contributed by atoms with Crippen molar-refractivity contribution in [3.8, 4) is 5.75 Å². The third kappa shape index (κ3) is 2.80. The van der Waals surface area contributed by atoms with Crippen molar-refractivity contribution in [3.05, 3.63) is 20.4 Å². The van der Waals surface area contributed by atoms with Crippen molar-refractivity contribution in [1.82, 2.24) is 4.98 Å². The Balaban J connectivity index is 3.11. The standard InChI is InChI=1S/C7H4BrCl4NO/c8-1-2-14-5-3(9)6(11)13-7(12)4(5)10/h1-2H2. The van der Waals surface area contributed by atoms with Crippen molar-refractivity contribution in [2.45, 2.75) is 0 Å². The van der Waals surface area contributed by atoms with Crippen LogP contribution in [0.5, 0.6) is 5.75 Å². The van der Waals surface area contributed by atoms with Gasteiger partial charge < -0.3 is 4.74 Å². The van der Waals surface area contributed by atoms with Crippen LogP contribution in [0.3, 0.4) is 0 Å². The highest BCUT2D eigenvalue weighted by Crippen LogP contribution is 2.40. The smallest absolute Gasteiger partial charge is 0.162 e. The zero-order chi connectivity index (χ0) is 10.7. The Bertz CT molecular complexity index is 321. The molecular weight excluding hydrogens is 336 g/mol. The molecule has 0 aliphatic heterocycles. The second-order valence-electron chi connectivity index (χ2n) is 2.19. The SMILES string of the molecule is Clc1nc(Cl)c(Cl)c(OCCBr)c1Cl. The Kier molecular flexibility index (Phi) is 5.08. The summed E-state index contributed by atoms with van der Waals surface area (Å²) in [4.78, 5) is 3.72. The highest BCUT2D eigenvalue weighted by molar-refractivity contribution is 9.09. The van der Waals surface area contributed by atoms with Crippen LogP contribution in [-0.4, -0.2) is 16.9 Å². The minimum atomic E-state index is 0.0747. The van der Waals surface area contributed by atoms with E-state index >= 15 is 0 Å². The third-order valence-electron chi connectivity index (χ3n) is 1.28. The molecule has 7 heteroatoms. The van der Waals surface area contributed by atoms with Gasteiger partial charge in [-0.1, -0.05) is 62.3 Å². The molecule has 0 radical (unpaired) electrons. The second kappa shape index (κ2) is 5.61. The average Bonchev–Trinajstić information content (AvgIpc) is 2.15. The van der Waals surface area contributed by atoms with E-state index in [-0.39, 0.29) is 26.1 Å². The van der Waals surface area contributed by atoms with Crippen LogP contribution in [0.1, 0.15) is 0 Å². The molecule has 0 aliphatic carbocycles. The van der Waals surface area contributed by atoms with E-state index in [9.17, 15) is 0 Å². The summed E-state index contributed by atoms with van der Waals surface area (Å²) in [6.07, 6.45) is 0. The predicted octanol–water partition coefficient (Wildman–Crippen LogP) is 4.47. The lowest BCUT2D eigenvalue weighted by atomic mass is 10.4. The molecule has 14 heavy (non-hydrogen) atoms. The minimum Gasteiger partial charge on any atom is -0.489 e. The van der Waals surface area contributed by atoms with Gasteiger partial charge in [0.05, 0.1) is 6.61 Å². The van der Waals surface area contributed by atoms with Crippen molar-refractivity contribution in [3.63, 3.8) is 0 Å². The van der Waals surface area contributed by atoms with Crippen LogP contribution < -0.4 is 4.74 Å². The van der Waals surface area contributed by atoms with E-state index < -0.39 is 0 Å².